The second kappa shape index (κ2) is 7.66. The molecule has 4 heterocycles. The number of nitrogens with two attached hydrogens (primary N) is 1. The van der Waals surface area contributed by atoms with Crippen LogP contribution in [0.3, 0.4) is 0 Å². The van der Waals surface area contributed by atoms with Crippen LogP contribution in [0.2, 0.25) is 0 Å². The standard InChI is InChI=1S/C25H20FN7O2/c1-2-21(35)32-12-16(9-14-5-3-4-6-18(14)32)33-24-22(23(27)28-13-29-24)25(30-33)31-8-7-15-10-17(26)20(34)11-19(15)31/h2-8,10-11,13,16,34H,1,9,12H2,(H2,27,28,29). The van der Waals surface area contributed by atoms with E-state index in [2.05, 4.69) is 16.5 Å². The molecule has 35 heavy (non-hydrogen) atoms. The minimum Gasteiger partial charge on any atom is -0.505 e. The van der Waals surface area contributed by atoms with Gasteiger partial charge < -0.3 is 15.7 Å². The van der Waals surface area contributed by atoms with E-state index in [0.29, 0.717) is 40.7 Å². The topological polar surface area (TPSA) is 115 Å². The molecule has 9 nitrogen and oxygen atoms in total. The second-order valence-electron chi connectivity index (χ2n) is 8.41. The summed E-state index contributed by atoms with van der Waals surface area (Å²) in [4.78, 5) is 23.0. The minimum atomic E-state index is -0.707. The van der Waals surface area contributed by atoms with Crippen molar-refractivity contribution in [1.82, 2.24) is 24.3 Å². The lowest BCUT2D eigenvalue weighted by molar-refractivity contribution is -0.114. The van der Waals surface area contributed by atoms with E-state index in [-0.39, 0.29) is 17.8 Å². The Hall–Kier alpha value is -4.73. The molecular weight excluding hydrogens is 449 g/mol. The number of aromatic nitrogens is 5. The van der Waals surface area contributed by atoms with E-state index in [1.165, 1.54) is 24.5 Å². The number of amides is 1. The highest BCUT2D eigenvalue weighted by atomic mass is 19.1. The molecule has 1 aliphatic heterocycles. The van der Waals surface area contributed by atoms with Gasteiger partial charge in [-0.05, 0) is 36.3 Å². The lowest BCUT2D eigenvalue weighted by atomic mass is 9.97. The number of phenols is 1. The third kappa shape index (κ3) is 3.14. The van der Waals surface area contributed by atoms with Crippen LogP contribution < -0.4 is 10.6 Å². The Morgan fingerprint density at radius 3 is 2.89 bits per heavy atom. The first-order chi connectivity index (χ1) is 17.0. The van der Waals surface area contributed by atoms with Gasteiger partial charge in [-0.3, -0.25) is 9.36 Å². The Balaban J connectivity index is 1.55. The molecular formula is C25H20FN7O2. The number of halogens is 1. The number of anilines is 2. The molecule has 10 heteroatoms. The number of nitrogen functional groups attached to an aromatic ring is 1. The first-order valence-corrected chi connectivity index (χ1v) is 11.0. The number of carbonyl (C=O) groups is 1. The zero-order valence-electron chi connectivity index (χ0n) is 18.5. The van der Waals surface area contributed by atoms with Gasteiger partial charge in [0.05, 0.1) is 11.6 Å². The number of nitrogens with zero attached hydrogens (tertiary/aromatic N) is 6. The van der Waals surface area contributed by atoms with Crippen molar-refractivity contribution in [3.05, 3.63) is 79.0 Å². The summed E-state index contributed by atoms with van der Waals surface area (Å²) in [7, 11) is 0. The summed E-state index contributed by atoms with van der Waals surface area (Å²) in [6.45, 7) is 4.01. The van der Waals surface area contributed by atoms with Gasteiger partial charge in [-0.25, -0.2) is 19.0 Å². The first kappa shape index (κ1) is 20.8. The van der Waals surface area contributed by atoms with Crippen molar-refractivity contribution < 1.29 is 14.3 Å². The molecule has 0 aliphatic carbocycles. The van der Waals surface area contributed by atoms with Crippen LogP contribution in [0.4, 0.5) is 15.9 Å². The Bertz CT molecular complexity index is 1650. The van der Waals surface area contributed by atoms with E-state index in [1.54, 1.807) is 26.4 Å². The van der Waals surface area contributed by atoms with Crippen molar-refractivity contribution in [3.63, 3.8) is 0 Å². The van der Waals surface area contributed by atoms with Gasteiger partial charge in [0.1, 0.15) is 17.5 Å². The van der Waals surface area contributed by atoms with Crippen molar-refractivity contribution >= 4 is 39.3 Å². The number of carbonyl (C=O) groups excluding carboxylic acids is 1. The number of phenolic OH excluding ortho intramolecular Hbond substituents is 1. The number of para-hydroxylation sites is 1. The third-order valence-electron chi connectivity index (χ3n) is 6.40. The highest BCUT2D eigenvalue weighted by Gasteiger charge is 2.31. The average Bonchev–Trinajstić information content (AvgIpc) is 3.45. The summed E-state index contributed by atoms with van der Waals surface area (Å²) in [5, 5.41) is 16.0. The third-order valence-corrected chi connectivity index (χ3v) is 6.40. The van der Waals surface area contributed by atoms with E-state index in [0.717, 1.165) is 11.3 Å². The Labute approximate surface area is 198 Å². The molecule has 0 saturated heterocycles. The van der Waals surface area contributed by atoms with Crippen LogP contribution in [0.25, 0.3) is 27.8 Å². The summed E-state index contributed by atoms with van der Waals surface area (Å²) in [6.07, 6.45) is 5.02. The van der Waals surface area contributed by atoms with Gasteiger partial charge in [0.2, 0.25) is 5.91 Å². The van der Waals surface area contributed by atoms with Crippen LogP contribution >= 0.6 is 0 Å². The smallest absolute Gasteiger partial charge is 0.250 e. The van der Waals surface area contributed by atoms with Crippen LogP contribution in [0.1, 0.15) is 11.6 Å². The monoisotopic (exact) mass is 469 g/mol. The summed E-state index contributed by atoms with van der Waals surface area (Å²) in [6, 6.07) is 11.8. The van der Waals surface area contributed by atoms with Crippen LogP contribution in [-0.2, 0) is 11.2 Å². The molecule has 1 aliphatic rings. The molecule has 1 unspecified atom stereocenters. The Morgan fingerprint density at radius 2 is 2.06 bits per heavy atom. The predicted octanol–water partition coefficient (Wildman–Crippen LogP) is 3.51. The summed E-state index contributed by atoms with van der Waals surface area (Å²) < 4.78 is 17.4. The van der Waals surface area contributed by atoms with Crippen molar-refractivity contribution in [2.45, 2.75) is 12.5 Å². The van der Waals surface area contributed by atoms with E-state index in [4.69, 9.17) is 10.8 Å². The summed E-state index contributed by atoms with van der Waals surface area (Å²) >= 11 is 0. The van der Waals surface area contributed by atoms with Crippen LogP contribution in [0, 0.1) is 5.82 Å². The number of aromatic hydroxyl groups is 1. The van der Waals surface area contributed by atoms with Crippen molar-refractivity contribution in [3.8, 4) is 11.6 Å². The van der Waals surface area contributed by atoms with Gasteiger partial charge in [-0.2, -0.15) is 5.10 Å². The van der Waals surface area contributed by atoms with Gasteiger partial charge in [0, 0.05) is 29.9 Å². The van der Waals surface area contributed by atoms with Crippen molar-refractivity contribution in [2.24, 2.45) is 0 Å². The molecule has 3 aromatic heterocycles. The van der Waals surface area contributed by atoms with E-state index < -0.39 is 11.6 Å². The molecule has 174 valence electrons. The maximum atomic E-state index is 13.9. The van der Waals surface area contributed by atoms with E-state index in [1.807, 2.05) is 24.3 Å². The molecule has 1 atom stereocenters. The molecule has 0 radical (unpaired) electrons. The van der Waals surface area contributed by atoms with Crippen molar-refractivity contribution in [1.29, 1.82) is 0 Å². The molecule has 6 rings (SSSR count). The second-order valence-corrected chi connectivity index (χ2v) is 8.41. The lowest BCUT2D eigenvalue weighted by Gasteiger charge is -2.34. The normalized spacial score (nSPS) is 15.5. The summed E-state index contributed by atoms with van der Waals surface area (Å²) in [5.41, 5.74) is 9.17. The van der Waals surface area contributed by atoms with Gasteiger partial charge in [-0.15, -0.1) is 0 Å². The number of benzene rings is 2. The fraction of sp³-hybridized carbons (Fsp3) is 0.120. The molecule has 0 fully saturated rings. The molecule has 0 bridgehead atoms. The number of fused-ring (bicyclic) bond motifs is 3. The number of hydrogen-bond donors (Lipinski definition) is 2. The maximum Gasteiger partial charge on any atom is 0.250 e. The van der Waals surface area contributed by atoms with Gasteiger partial charge in [-0.1, -0.05) is 24.8 Å². The van der Waals surface area contributed by atoms with Crippen LogP contribution in [-0.4, -0.2) is 41.9 Å². The quantitative estimate of drug-likeness (QED) is 0.391. The zero-order valence-corrected chi connectivity index (χ0v) is 18.5. The molecule has 1 amide bonds. The fourth-order valence-electron chi connectivity index (χ4n) is 4.79. The van der Waals surface area contributed by atoms with Crippen molar-refractivity contribution in [2.75, 3.05) is 17.2 Å². The highest BCUT2D eigenvalue weighted by Crippen LogP contribution is 2.36. The lowest BCUT2D eigenvalue weighted by Crippen LogP contribution is -2.40. The molecule has 5 aromatic rings. The number of hydrogen-bond acceptors (Lipinski definition) is 6. The Kier molecular flexibility index (Phi) is 4.56. The van der Waals surface area contributed by atoms with E-state index in [9.17, 15) is 14.3 Å². The SMILES string of the molecule is C=CC(=O)N1CC(n2nc(-n3ccc4cc(F)c(O)cc43)c3c(N)ncnc32)Cc2ccccc21. The molecule has 0 saturated carbocycles. The molecule has 3 N–H and O–H groups in total. The average molecular weight is 469 g/mol. The molecule has 0 spiro atoms. The number of rotatable bonds is 3. The largest absolute Gasteiger partial charge is 0.505 e. The Morgan fingerprint density at radius 1 is 1.23 bits per heavy atom. The van der Waals surface area contributed by atoms with E-state index >= 15 is 0 Å². The van der Waals surface area contributed by atoms with Crippen LogP contribution in [0.15, 0.2) is 67.6 Å². The minimum absolute atomic E-state index is 0.207. The fourth-order valence-corrected chi connectivity index (χ4v) is 4.79. The molecule has 2 aromatic carbocycles. The van der Waals surface area contributed by atoms with Gasteiger partial charge in [0.15, 0.2) is 23.0 Å². The first-order valence-electron chi connectivity index (χ1n) is 11.0. The van der Waals surface area contributed by atoms with Crippen LogP contribution in [0.5, 0.6) is 5.75 Å². The zero-order chi connectivity index (χ0) is 24.3. The highest BCUT2D eigenvalue weighted by molar-refractivity contribution is 6.02. The summed E-state index contributed by atoms with van der Waals surface area (Å²) in [5.74, 6) is -0.699. The predicted molar refractivity (Wildman–Crippen MR) is 130 cm³/mol. The maximum absolute atomic E-state index is 13.9. The van der Waals surface area contributed by atoms with Gasteiger partial charge >= 0.3 is 0 Å². The van der Waals surface area contributed by atoms with Gasteiger partial charge in [0.25, 0.3) is 0 Å².